The van der Waals surface area contributed by atoms with Gasteiger partial charge in [-0.25, -0.2) is 0 Å². The fraction of sp³-hybridized carbons (Fsp3) is 0.143. The summed E-state index contributed by atoms with van der Waals surface area (Å²) >= 11 is -7.91. The van der Waals surface area contributed by atoms with Crippen LogP contribution in [0.3, 0.4) is 0 Å². The Morgan fingerprint density at radius 3 is 0.902 bits per heavy atom. The third-order valence-electron chi connectivity index (χ3n) is 5.90. The van der Waals surface area contributed by atoms with Crippen molar-refractivity contribution in [2.45, 2.75) is 23.3 Å². The molecule has 0 bridgehead atoms. The Kier molecular flexibility index (Phi) is 9.83. The minimum absolute atomic E-state index is 1.45. The van der Waals surface area contributed by atoms with Crippen molar-refractivity contribution in [2.24, 2.45) is 0 Å². The van der Waals surface area contributed by atoms with Crippen molar-refractivity contribution >= 4 is 42.0 Å². The van der Waals surface area contributed by atoms with Gasteiger partial charge in [0.2, 0.25) is 0 Å². The predicted molar refractivity (Wildman–Crippen MR) is 140 cm³/mol. The van der Waals surface area contributed by atoms with Gasteiger partial charge in [-0.3, -0.25) is 4.21 Å². The monoisotopic (exact) mass is 666 g/mol. The van der Waals surface area contributed by atoms with Crippen LogP contribution in [-0.4, -0.2) is 45.6 Å². The van der Waals surface area contributed by atoms with E-state index in [-0.39, 0.29) is 0 Å². The molecule has 0 saturated heterocycles. The van der Waals surface area contributed by atoms with Crippen LogP contribution in [0.4, 0.5) is 39.5 Å². The van der Waals surface area contributed by atoms with Gasteiger partial charge in [-0.2, -0.15) is 39.5 Å². The van der Waals surface area contributed by atoms with Crippen LogP contribution in [-0.2, 0) is 11.1 Å². The van der Waals surface area contributed by atoms with Gasteiger partial charge in [0.05, 0.1) is 0 Å². The number of alkyl halides is 9. The number of hydrogen-bond acceptors (Lipinski definition) is 2. The molecule has 0 spiro atoms. The Balaban J connectivity index is 0.000000253. The molecule has 0 aliphatic rings. The molecular formula is C28H20AsF9O2S. The van der Waals surface area contributed by atoms with Gasteiger partial charge in [-0.1, -0.05) is 0 Å². The number of halogens is 9. The SMILES string of the molecule is O=S([O-])C(F)(F)C(F)(F)C(F)(F)C(F)(F)F.c1ccc([As+](c2ccccc2)(c2ccccc2)c2ccccc2)cc1. The molecule has 0 heterocycles. The Morgan fingerprint density at radius 2 is 0.707 bits per heavy atom. The van der Waals surface area contributed by atoms with Crippen molar-refractivity contribution in [1.29, 1.82) is 0 Å². The summed E-state index contributed by atoms with van der Waals surface area (Å²) < 4.78 is 131. The van der Waals surface area contributed by atoms with Crippen LogP contribution in [0.15, 0.2) is 121 Å². The Bertz CT molecular complexity index is 1260. The van der Waals surface area contributed by atoms with Crippen molar-refractivity contribution in [1.82, 2.24) is 0 Å². The quantitative estimate of drug-likeness (QED) is 0.152. The first-order chi connectivity index (χ1) is 19.1. The van der Waals surface area contributed by atoms with Crippen LogP contribution in [0.25, 0.3) is 0 Å². The van der Waals surface area contributed by atoms with Crippen molar-refractivity contribution in [3.05, 3.63) is 121 Å². The maximum atomic E-state index is 12.1. The Morgan fingerprint density at radius 1 is 0.463 bits per heavy atom. The van der Waals surface area contributed by atoms with Crippen LogP contribution in [0, 0.1) is 0 Å². The summed E-state index contributed by atoms with van der Waals surface area (Å²) in [5.41, 5.74) is 0. The molecule has 0 N–H and O–H groups in total. The molecule has 0 saturated carbocycles. The Hall–Kier alpha value is -3.08. The molecule has 13 heteroatoms. The second kappa shape index (κ2) is 12.4. The van der Waals surface area contributed by atoms with E-state index in [0.717, 1.165) is 0 Å². The van der Waals surface area contributed by atoms with Gasteiger partial charge in [0.15, 0.2) is 0 Å². The molecule has 1 unspecified atom stereocenters. The molecule has 0 fully saturated rings. The normalized spacial score (nSPS) is 13.6. The van der Waals surface area contributed by atoms with E-state index in [1.807, 2.05) is 0 Å². The second-order valence-electron chi connectivity index (χ2n) is 8.41. The molecule has 0 aliphatic carbocycles. The molecule has 2 nitrogen and oxygen atoms in total. The third kappa shape index (κ3) is 6.10. The molecule has 0 amide bonds. The summed E-state index contributed by atoms with van der Waals surface area (Å²) in [5.74, 6) is -14.3. The van der Waals surface area contributed by atoms with Crippen LogP contribution < -0.4 is 17.4 Å². The van der Waals surface area contributed by atoms with Crippen molar-refractivity contribution in [2.75, 3.05) is 0 Å². The third-order valence-corrected chi connectivity index (χ3v) is 15.6. The average Bonchev–Trinajstić information content (AvgIpc) is 2.95. The van der Waals surface area contributed by atoms with Gasteiger partial charge in [0.1, 0.15) is 0 Å². The molecule has 218 valence electrons. The molecule has 4 aromatic rings. The summed E-state index contributed by atoms with van der Waals surface area (Å²) in [5, 5.41) is -6.55. The first-order valence-corrected chi connectivity index (χ1v) is 16.4. The van der Waals surface area contributed by atoms with Crippen molar-refractivity contribution in [3.63, 3.8) is 0 Å². The zero-order valence-electron chi connectivity index (χ0n) is 20.6. The molecule has 0 aromatic heterocycles. The summed E-state index contributed by atoms with van der Waals surface area (Å²) in [6.07, 6.45) is -7.01. The van der Waals surface area contributed by atoms with Crippen LogP contribution in [0.1, 0.15) is 0 Å². The summed E-state index contributed by atoms with van der Waals surface area (Å²) in [4.78, 5) is 0. The van der Waals surface area contributed by atoms with E-state index in [9.17, 15) is 48.3 Å². The van der Waals surface area contributed by atoms with E-state index in [1.165, 1.54) is 17.4 Å². The topological polar surface area (TPSA) is 40.1 Å². The van der Waals surface area contributed by atoms with Crippen molar-refractivity contribution < 1.29 is 48.3 Å². The predicted octanol–water partition coefficient (Wildman–Crippen LogP) is 5.36. The molecule has 4 rings (SSSR count). The number of hydrogen-bond donors (Lipinski definition) is 0. The fourth-order valence-corrected chi connectivity index (χ4v) is 13.3. The first-order valence-electron chi connectivity index (χ1n) is 11.5. The first kappa shape index (κ1) is 32.4. The summed E-state index contributed by atoms with van der Waals surface area (Å²) in [7, 11) is 0. The molecular weight excluding hydrogens is 646 g/mol. The molecule has 0 aliphatic heterocycles. The van der Waals surface area contributed by atoms with Gasteiger partial charge in [-0.15, -0.1) is 0 Å². The van der Waals surface area contributed by atoms with Gasteiger partial charge in [0.25, 0.3) is 0 Å². The van der Waals surface area contributed by atoms with Gasteiger partial charge in [-0.05, 0) is 0 Å². The molecule has 1 atom stereocenters. The number of rotatable bonds is 7. The van der Waals surface area contributed by atoms with E-state index in [1.54, 1.807) is 0 Å². The zero-order valence-corrected chi connectivity index (χ0v) is 23.3. The van der Waals surface area contributed by atoms with Gasteiger partial charge in [0, 0.05) is 11.1 Å². The van der Waals surface area contributed by atoms with Crippen LogP contribution in [0.2, 0.25) is 0 Å². The number of benzene rings is 4. The van der Waals surface area contributed by atoms with Crippen molar-refractivity contribution in [3.8, 4) is 0 Å². The van der Waals surface area contributed by atoms with E-state index < -0.39 is 47.9 Å². The Labute approximate surface area is 234 Å². The maximum absolute atomic E-state index is 12.1. The standard InChI is InChI=1S/C24H20As.C4HF9O2S/c1-5-13-21(14-6-1)25(22-15-7-2-8-16-22,23-17-9-3-10-18-23)24-19-11-4-12-20-24;5-1(6,3(9,10)11)2(7,8)4(12,13)16(14)15/h1-20H;(H,14,15)/q+1;/p-1. The second-order valence-corrected chi connectivity index (χ2v) is 16.5. The van der Waals surface area contributed by atoms with E-state index in [0.29, 0.717) is 0 Å². The van der Waals surface area contributed by atoms with E-state index >= 15 is 0 Å². The molecule has 0 radical (unpaired) electrons. The van der Waals surface area contributed by atoms with Gasteiger partial charge < -0.3 is 4.55 Å². The zero-order chi connectivity index (χ0) is 30.5. The van der Waals surface area contributed by atoms with E-state index in [4.69, 9.17) is 0 Å². The fourth-order valence-electron chi connectivity index (χ4n) is 3.97. The van der Waals surface area contributed by atoms with E-state index in [2.05, 4.69) is 121 Å². The van der Waals surface area contributed by atoms with Gasteiger partial charge >= 0.3 is 176 Å². The summed E-state index contributed by atoms with van der Waals surface area (Å²) in [6, 6.07) is 44.2. The van der Waals surface area contributed by atoms with Crippen LogP contribution >= 0.6 is 0 Å². The minimum atomic E-state index is -7.18. The average molecular weight is 666 g/mol. The molecule has 4 aromatic carbocycles. The summed E-state index contributed by atoms with van der Waals surface area (Å²) in [6.45, 7) is 0. The molecule has 41 heavy (non-hydrogen) atoms. The van der Waals surface area contributed by atoms with Crippen LogP contribution in [0.5, 0.6) is 0 Å².